The molecule has 0 radical (unpaired) electrons. The van der Waals surface area contributed by atoms with Crippen LogP contribution in [0.1, 0.15) is 19.8 Å². The van der Waals surface area contributed by atoms with E-state index in [0.29, 0.717) is 28.8 Å². The topological polar surface area (TPSA) is 137 Å². The molecule has 4 N–H and O–H groups in total. The fourth-order valence-corrected chi connectivity index (χ4v) is 4.90. The van der Waals surface area contributed by atoms with Gasteiger partial charge < -0.3 is 20.3 Å². The van der Waals surface area contributed by atoms with E-state index in [-0.39, 0.29) is 32.3 Å². The largest absolute Gasteiger partial charge is 0.394 e. The van der Waals surface area contributed by atoms with Crippen LogP contribution in [0.2, 0.25) is 0 Å². The van der Waals surface area contributed by atoms with Gasteiger partial charge in [-0.25, -0.2) is 14.1 Å². The van der Waals surface area contributed by atoms with Crippen LogP contribution >= 0.6 is 0 Å². The lowest BCUT2D eigenvalue weighted by Gasteiger charge is -2.19. The SMILES string of the molecule is CCNS(=O)(=O)N1C[C@@H](F)[C@H](Nc2nc(N[C@@H](CO)C3CC3)nc3c2ncn3C)C1. The van der Waals surface area contributed by atoms with E-state index in [4.69, 9.17) is 0 Å². The first-order valence-corrected chi connectivity index (χ1v) is 11.5. The van der Waals surface area contributed by atoms with Gasteiger partial charge >= 0.3 is 0 Å². The Morgan fingerprint density at radius 1 is 1.33 bits per heavy atom. The monoisotopic (exact) mass is 442 g/mol. The molecule has 2 aromatic rings. The lowest BCUT2D eigenvalue weighted by Crippen LogP contribution is -2.40. The Hall–Kier alpha value is -2.09. The highest BCUT2D eigenvalue weighted by Gasteiger charge is 2.39. The van der Waals surface area contributed by atoms with Gasteiger partial charge in [-0.1, -0.05) is 6.92 Å². The van der Waals surface area contributed by atoms with Crippen LogP contribution < -0.4 is 15.4 Å². The molecule has 166 valence electrons. The second-order valence-corrected chi connectivity index (χ2v) is 9.54. The summed E-state index contributed by atoms with van der Waals surface area (Å²) in [5.41, 5.74) is 1.02. The molecule has 3 heterocycles. The summed E-state index contributed by atoms with van der Waals surface area (Å²) in [5, 5.41) is 15.8. The van der Waals surface area contributed by atoms with Gasteiger partial charge in [0.2, 0.25) is 5.95 Å². The van der Waals surface area contributed by atoms with Crippen LogP contribution in [0.3, 0.4) is 0 Å². The molecular formula is C17H27FN8O3S. The van der Waals surface area contributed by atoms with E-state index in [1.54, 1.807) is 24.9 Å². The third kappa shape index (κ3) is 4.19. The Morgan fingerprint density at radius 2 is 2.10 bits per heavy atom. The van der Waals surface area contributed by atoms with Gasteiger partial charge in [-0.15, -0.1) is 0 Å². The average Bonchev–Trinajstić information content (AvgIpc) is 3.38. The van der Waals surface area contributed by atoms with Crippen molar-refractivity contribution in [2.45, 2.75) is 38.0 Å². The Kier molecular flexibility index (Phi) is 5.79. The first-order chi connectivity index (χ1) is 14.3. The fourth-order valence-electron chi connectivity index (χ4n) is 3.66. The number of alkyl halides is 1. The summed E-state index contributed by atoms with van der Waals surface area (Å²) < 4.78 is 44.3. The molecule has 0 amide bonds. The van der Waals surface area contributed by atoms with Crippen molar-refractivity contribution in [1.29, 1.82) is 0 Å². The molecule has 0 unspecified atom stereocenters. The molecule has 0 spiro atoms. The van der Waals surface area contributed by atoms with Crippen molar-refractivity contribution in [3.63, 3.8) is 0 Å². The molecule has 3 atom stereocenters. The summed E-state index contributed by atoms with van der Waals surface area (Å²) in [6.45, 7) is 1.61. The van der Waals surface area contributed by atoms with E-state index in [1.807, 2.05) is 0 Å². The van der Waals surface area contributed by atoms with Crippen LogP contribution in [0.25, 0.3) is 11.2 Å². The summed E-state index contributed by atoms with van der Waals surface area (Å²) >= 11 is 0. The number of aliphatic hydroxyl groups excluding tert-OH is 1. The summed E-state index contributed by atoms with van der Waals surface area (Å²) in [6, 6.07) is -0.923. The van der Waals surface area contributed by atoms with Crippen molar-refractivity contribution in [2.75, 3.05) is 36.9 Å². The Labute approximate surface area is 174 Å². The summed E-state index contributed by atoms with van der Waals surface area (Å²) in [5.74, 6) is 1.02. The van der Waals surface area contributed by atoms with Crippen LogP contribution in [-0.4, -0.2) is 81.8 Å². The van der Waals surface area contributed by atoms with Crippen LogP contribution in [0.4, 0.5) is 16.2 Å². The summed E-state index contributed by atoms with van der Waals surface area (Å²) in [4.78, 5) is 13.2. The second-order valence-electron chi connectivity index (χ2n) is 7.78. The van der Waals surface area contributed by atoms with Crippen LogP contribution in [0, 0.1) is 5.92 Å². The molecule has 30 heavy (non-hydrogen) atoms. The number of fused-ring (bicyclic) bond motifs is 1. The maximum atomic E-state index is 14.7. The normalized spacial score (nSPS) is 23.7. The van der Waals surface area contributed by atoms with Gasteiger partial charge in [0.15, 0.2) is 17.0 Å². The molecule has 2 fully saturated rings. The van der Waals surface area contributed by atoms with E-state index in [2.05, 4.69) is 30.3 Å². The van der Waals surface area contributed by atoms with Crippen molar-refractivity contribution in [3.05, 3.63) is 6.33 Å². The second kappa shape index (κ2) is 8.21. The number of anilines is 2. The summed E-state index contributed by atoms with van der Waals surface area (Å²) in [7, 11) is -1.94. The van der Waals surface area contributed by atoms with E-state index in [0.717, 1.165) is 17.1 Å². The first-order valence-electron chi connectivity index (χ1n) is 10.0. The maximum Gasteiger partial charge on any atom is 0.279 e. The molecule has 11 nitrogen and oxygen atoms in total. The quantitative estimate of drug-likeness (QED) is 0.420. The minimum atomic E-state index is -3.73. The number of hydrogen-bond donors (Lipinski definition) is 4. The first kappa shape index (κ1) is 21.2. The minimum Gasteiger partial charge on any atom is -0.394 e. The molecule has 1 aliphatic heterocycles. The van der Waals surface area contributed by atoms with E-state index in [9.17, 15) is 17.9 Å². The zero-order chi connectivity index (χ0) is 21.5. The lowest BCUT2D eigenvalue weighted by atomic mass is 10.2. The van der Waals surface area contributed by atoms with Gasteiger partial charge in [0.05, 0.1) is 25.0 Å². The van der Waals surface area contributed by atoms with Crippen LogP contribution in [-0.2, 0) is 17.3 Å². The molecule has 0 bridgehead atoms. The van der Waals surface area contributed by atoms with Crippen molar-refractivity contribution in [3.8, 4) is 0 Å². The molecule has 1 aliphatic carbocycles. The van der Waals surface area contributed by atoms with Crippen LogP contribution in [0.5, 0.6) is 0 Å². The fraction of sp³-hybridized carbons (Fsp3) is 0.706. The zero-order valence-corrected chi connectivity index (χ0v) is 17.7. The van der Waals surface area contributed by atoms with Crippen LogP contribution in [0.15, 0.2) is 6.33 Å². The zero-order valence-electron chi connectivity index (χ0n) is 16.9. The molecule has 1 saturated heterocycles. The van der Waals surface area contributed by atoms with E-state index >= 15 is 0 Å². The highest BCUT2D eigenvalue weighted by atomic mass is 32.2. The Bertz CT molecular complexity index is 1010. The molecule has 2 aromatic heterocycles. The number of imidazole rings is 1. The predicted octanol–water partition coefficient (Wildman–Crippen LogP) is -0.165. The lowest BCUT2D eigenvalue weighted by molar-refractivity contribution is 0.263. The van der Waals surface area contributed by atoms with Crippen molar-refractivity contribution < 1.29 is 17.9 Å². The predicted molar refractivity (Wildman–Crippen MR) is 110 cm³/mol. The molecule has 1 saturated carbocycles. The maximum absolute atomic E-state index is 14.7. The number of rotatable bonds is 9. The highest BCUT2D eigenvalue weighted by Crippen LogP contribution is 2.34. The minimum absolute atomic E-state index is 0.0288. The van der Waals surface area contributed by atoms with E-state index in [1.165, 1.54) is 0 Å². The van der Waals surface area contributed by atoms with E-state index < -0.39 is 22.4 Å². The van der Waals surface area contributed by atoms with Gasteiger partial charge in [-0.05, 0) is 18.8 Å². The summed E-state index contributed by atoms with van der Waals surface area (Å²) in [6.07, 6.45) is 2.26. The Balaban J connectivity index is 1.58. The average molecular weight is 443 g/mol. The molecule has 4 rings (SSSR count). The molecular weight excluding hydrogens is 415 g/mol. The number of aromatic nitrogens is 4. The van der Waals surface area contributed by atoms with Gasteiger partial charge in [-0.3, -0.25) is 0 Å². The van der Waals surface area contributed by atoms with Gasteiger partial charge in [0.1, 0.15) is 6.17 Å². The number of halogens is 1. The number of aliphatic hydroxyl groups is 1. The molecule has 0 aromatic carbocycles. The molecule has 2 aliphatic rings. The third-order valence-corrected chi connectivity index (χ3v) is 7.10. The number of nitrogens with one attached hydrogen (secondary N) is 3. The number of aryl methyl sites for hydroxylation is 1. The van der Waals surface area contributed by atoms with Crippen molar-refractivity contribution in [2.24, 2.45) is 13.0 Å². The number of hydrogen-bond acceptors (Lipinski definition) is 8. The Morgan fingerprint density at radius 3 is 2.77 bits per heavy atom. The standard InChI is InChI=1S/C17H27FN8O3S/c1-3-20-30(28,29)26-6-11(18)12(7-26)21-15-14-16(25(2)9-19-14)24-17(23-15)22-13(8-27)10-4-5-10/h9-13,20,27H,3-8H2,1-2H3,(H2,21,22,23,24)/t11-,12-,13+/m1/s1. The highest BCUT2D eigenvalue weighted by molar-refractivity contribution is 7.87. The van der Waals surface area contributed by atoms with Crippen molar-refractivity contribution >= 4 is 33.1 Å². The van der Waals surface area contributed by atoms with Gasteiger partial charge in [0, 0.05) is 26.7 Å². The molecule has 13 heteroatoms. The van der Waals surface area contributed by atoms with Crippen molar-refractivity contribution in [1.82, 2.24) is 28.5 Å². The van der Waals surface area contributed by atoms with Gasteiger partial charge in [0.25, 0.3) is 10.2 Å². The smallest absolute Gasteiger partial charge is 0.279 e. The van der Waals surface area contributed by atoms with Gasteiger partial charge in [-0.2, -0.15) is 22.7 Å². The number of nitrogens with zero attached hydrogens (tertiary/aromatic N) is 5. The third-order valence-electron chi connectivity index (χ3n) is 5.47.